The molecule has 7 rings (SSSR count). The Bertz CT molecular complexity index is 1980. The minimum absolute atomic E-state index is 0.188. The number of hydrogen-bond acceptors (Lipinski definition) is 3. The van der Waals surface area contributed by atoms with Crippen LogP contribution in [0, 0.1) is 0 Å². The van der Waals surface area contributed by atoms with Gasteiger partial charge in [-0.3, -0.25) is 0 Å². The molecule has 216 valence electrons. The molecule has 0 saturated carbocycles. The molecule has 0 amide bonds. The highest BCUT2D eigenvalue weighted by Crippen LogP contribution is 2.35. The summed E-state index contributed by atoms with van der Waals surface area (Å²) in [6.45, 7) is 4.55. The van der Waals surface area contributed by atoms with E-state index in [0.717, 1.165) is 16.7 Å². The minimum Gasteiger partial charge on any atom is -0.208 e. The van der Waals surface area contributed by atoms with Gasteiger partial charge in [0.05, 0.1) is 0 Å². The van der Waals surface area contributed by atoms with Crippen molar-refractivity contribution in [3.05, 3.63) is 175 Å². The summed E-state index contributed by atoms with van der Waals surface area (Å²) in [4.78, 5) is 14.6. The smallest absolute Gasteiger partial charge is 0.164 e. The molecular formula is C42H33N3. The lowest BCUT2D eigenvalue weighted by molar-refractivity contribution is 0.641. The van der Waals surface area contributed by atoms with Gasteiger partial charge in [0.15, 0.2) is 17.5 Å². The van der Waals surface area contributed by atoms with Crippen LogP contribution in [0.15, 0.2) is 164 Å². The summed E-state index contributed by atoms with van der Waals surface area (Å²) in [5, 5.41) is 0. The number of hydrogen-bond donors (Lipinski definition) is 0. The molecule has 1 heterocycles. The first-order chi connectivity index (χ1) is 22.0. The Morgan fingerprint density at radius 2 is 0.622 bits per heavy atom. The molecule has 0 saturated heterocycles. The van der Waals surface area contributed by atoms with E-state index in [1.807, 2.05) is 60.7 Å². The van der Waals surface area contributed by atoms with E-state index in [2.05, 4.69) is 117 Å². The molecule has 0 bridgehead atoms. The largest absolute Gasteiger partial charge is 0.208 e. The standard InChI is InChI=1S/C42H33N3/c1-42(2,37-25-21-31(22-26-37)36-20-12-19-35(29-36)30-13-6-3-7-14-30)38-27-23-34(24-28-38)41-44-39(32-15-8-4-9-16-32)43-40(45-41)33-17-10-5-11-18-33/h3-29H,1-2H3. The predicted octanol–water partition coefficient (Wildman–Crippen LogP) is 10.5. The van der Waals surface area contributed by atoms with Crippen molar-refractivity contribution in [1.29, 1.82) is 0 Å². The quantitative estimate of drug-likeness (QED) is 0.189. The van der Waals surface area contributed by atoms with Gasteiger partial charge in [0.25, 0.3) is 0 Å². The monoisotopic (exact) mass is 579 g/mol. The zero-order chi connectivity index (χ0) is 30.6. The third kappa shape index (κ3) is 5.93. The second-order valence-corrected chi connectivity index (χ2v) is 11.8. The molecule has 3 heteroatoms. The van der Waals surface area contributed by atoms with Crippen LogP contribution in [-0.2, 0) is 5.41 Å². The van der Waals surface area contributed by atoms with Gasteiger partial charge >= 0.3 is 0 Å². The molecular weight excluding hydrogens is 546 g/mol. The molecule has 0 radical (unpaired) electrons. The number of nitrogens with zero attached hydrogens (tertiary/aromatic N) is 3. The molecule has 0 aliphatic heterocycles. The highest BCUT2D eigenvalue weighted by atomic mass is 15.0. The molecule has 0 fully saturated rings. The van der Waals surface area contributed by atoms with E-state index in [0.29, 0.717) is 17.5 Å². The average Bonchev–Trinajstić information content (AvgIpc) is 3.13. The van der Waals surface area contributed by atoms with Crippen molar-refractivity contribution in [3.8, 4) is 56.4 Å². The fourth-order valence-corrected chi connectivity index (χ4v) is 5.73. The van der Waals surface area contributed by atoms with Gasteiger partial charge < -0.3 is 0 Å². The molecule has 0 spiro atoms. The first-order valence-corrected chi connectivity index (χ1v) is 15.3. The van der Waals surface area contributed by atoms with Crippen LogP contribution >= 0.6 is 0 Å². The summed E-state index contributed by atoms with van der Waals surface area (Å²) in [6.07, 6.45) is 0. The molecule has 6 aromatic carbocycles. The van der Waals surface area contributed by atoms with Crippen LogP contribution in [0.5, 0.6) is 0 Å². The SMILES string of the molecule is CC(C)(c1ccc(-c2cccc(-c3ccccc3)c2)cc1)c1ccc(-c2nc(-c3ccccc3)nc(-c3ccccc3)n2)cc1. The Kier molecular flexibility index (Phi) is 7.59. The van der Waals surface area contributed by atoms with Crippen molar-refractivity contribution in [1.82, 2.24) is 15.0 Å². The lowest BCUT2D eigenvalue weighted by Crippen LogP contribution is -2.18. The number of benzene rings is 6. The topological polar surface area (TPSA) is 38.7 Å². The zero-order valence-electron chi connectivity index (χ0n) is 25.4. The first kappa shape index (κ1) is 28.1. The fourth-order valence-electron chi connectivity index (χ4n) is 5.73. The fraction of sp³-hybridized carbons (Fsp3) is 0.0714. The van der Waals surface area contributed by atoms with E-state index in [1.54, 1.807) is 0 Å². The summed E-state index contributed by atoms with van der Waals surface area (Å²) >= 11 is 0. The van der Waals surface area contributed by atoms with Gasteiger partial charge in [0, 0.05) is 22.1 Å². The molecule has 0 atom stereocenters. The van der Waals surface area contributed by atoms with Gasteiger partial charge in [0.1, 0.15) is 0 Å². The highest BCUT2D eigenvalue weighted by molar-refractivity contribution is 5.73. The van der Waals surface area contributed by atoms with Crippen molar-refractivity contribution in [3.63, 3.8) is 0 Å². The van der Waals surface area contributed by atoms with Crippen molar-refractivity contribution in [2.24, 2.45) is 0 Å². The third-order valence-corrected chi connectivity index (χ3v) is 8.47. The first-order valence-electron chi connectivity index (χ1n) is 15.3. The molecule has 7 aromatic rings. The lowest BCUT2D eigenvalue weighted by Gasteiger charge is -2.26. The van der Waals surface area contributed by atoms with E-state index in [9.17, 15) is 0 Å². The number of rotatable bonds is 7. The lowest BCUT2D eigenvalue weighted by atomic mass is 9.77. The van der Waals surface area contributed by atoms with E-state index >= 15 is 0 Å². The average molecular weight is 580 g/mol. The predicted molar refractivity (Wildman–Crippen MR) is 186 cm³/mol. The van der Waals surface area contributed by atoms with Crippen LogP contribution in [0.3, 0.4) is 0 Å². The summed E-state index contributed by atoms with van der Waals surface area (Å²) in [6, 6.07) is 57.0. The highest BCUT2D eigenvalue weighted by Gasteiger charge is 2.23. The Labute approximate surface area is 265 Å². The summed E-state index contributed by atoms with van der Waals surface area (Å²) in [7, 11) is 0. The van der Waals surface area contributed by atoms with E-state index in [-0.39, 0.29) is 5.41 Å². The summed E-state index contributed by atoms with van der Waals surface area (Å²) in [5.41, 5.74) is 10.1. The number of aromatic nitrogens is 3. The van der Waals surface area contributed by atoms with Gasteiger partial charge in [-0.1, -0.05) is 172 Å². The molecule has 3 nitrogen and oxygen atoms in total. The molecule has 0 aliphatic rings. The molecule has 45 heavy (non-hydrogen) atoms. The maximum absolute atomic E-state index is 4.89. The normalized spacial score (nSPS) is 11.3. The van der Waals surface area contributed by atoms with Gasteiger partial charge in [-0.15, -0.1) is 0 Å². The van der Waals surface area contributed by atoms with Gasteiger partial charge in [-0.05, 0) is 39.4 Å². The molecule has 0 unspecified atom stereocenters. The Balaban J connectivity index is 1.17. The Morgan fingerprint density at radius 1 is 0.311 bits per heavy atom. The zero-order valence-corrected chi connectivity index (χ0v) is 25.4. The Morgan fingerprint density at radius 3 is 1.04 bits per heavy atom. The maximum atomic E-state index is 4.89. The van der Waals surface area contributed by atoms with Crippen LogP contribution in [0.1, 0.15) is 25.0 Å². The van der Waals surface area contributed by atoms with Crippen molar-refractivity contribution in [2.75, 3.05) is 0 Å². The van der Waals surface area contributed by atoms with Crippen LogP contribution in [0.25, 0.3) is 56.4 Å². The second-order valence-electron chi connectivity index (χ2n) is 11.8. The van der Waals surface area contributed by atoms with E-state index in [4.69, 9.17) is 15.0 Å². The van der Waals surface area contributed by atoms with Gasteiger partial charge in [-0.2, -0.15) is 0 Å². The summed E-state index contributed by atoms with van der Waals surface area (Å²) in [5.74, 6) is 1.99. The molecule has 1 aromatic heterocycles. The van der Waals surface area contributed by atoms with Gasteiger partial charge in [0.2, 0.25) is 0 Å². The molecule has 0 aliphatic carbocycles. The van der Waals surface area contributed by atoms with Crippen molar-refractivity contribution < 1.29 is 0 Å². The van der Waals surface area contributed by atoms with E-state index < -0.39 is 0 Å². The van der Waals surface area contributed by atoms with Crippen LogP contribution < -0.4 is 0 Å². The summed E-state index contributed by atoms with van der Waals surface area (Å²) < 4.78 is 0. The van der Waals surface area contributed by atoms with Crippen LogP contribution in [0.2, 0.25) is 0 Å². The third-order valence-electron chi connectivity index (χ3n) is 8.47. The maximum Gasteiger partial charge on any atom is 0.164 e. The van der Waals surface area contributed by atoms with E-state index in [1.165, 1.54) is 33.4 Å². The second kappa shape index (κ2) is 12.1. The van der Waals surface area contributed by atoms with Crippen molar-refractivity contribution >= 4 is 0 Å². The minimum atomic E-state index is -0.188. The molecule has 0 N–H and O–H groups in total. The Hall–Kier alpha value is -5.67. The van der Waals surface area contributed by atoms with Crippen molar-refractivity contribution in [2.45, 2.75) is 19.3 Å². The van der Waals surface area contributed by atoms with Crippen LogP contribution in [0.4, 0.5) is 0 Å². The van der Waals surface area contributed by atoms with Crippen LogP contribution in [-0.4, -0.2) is 15.0 Å². The van der Waals surface area contributed by atoms with Gasteiger partial charge in [-0.25, -0.2) is 15.0 Å².